The molecule has 152 valence electrons. The Kier molecular flexibility index (Phi) is 10.8. The van der Waals surface area contributed by atoms with Crippen molar-refractivity contribution in [2.24, 2.45) is 0 Å². The molecule has 0 fully saturated rings. The van der Waals surface area contributed by atoms with Crippen molar-refractivity contribution in [2.45, 2.75) is 70.1 Å². The maximum Gasteiger partial charge on any atom is 0.338 e. The Morgan fingerprint density at radius 2 is 1.32 bits per heavy atom. The number of carbonyl (C=O) groups is 1. The monoisotopic (exact) mass is 398 g/mol. The first-order valence-corrected chi connectivity index (χ1v) is 11.7. The zero-order valence-corrected chi connectivity index (χ0v) is 18.2. The van der Waals surface area contributed by atoms with Crippen molar-refractivity contribution in [2.75, 3.05) is 12.4 Å². The van der Waals surface area contributed by atoms with E-state index in [0.29, 0.717) is 12.2 Å². The second-order valence-electron chi connectivity index (χ2n) is 7.21. The molecule has 2 aromatic rings. The zero-order valence-electron chi connectivity index (χ0n) is 17.4. The maximum absolute atomic E-state index is 12.1. The van der Waals surface area contributed by atoms with Crippen molar-refractivity contribution in [1.82, 2.24) is 0 Å². The SMILES string of the molecule is CCCCCCCSc1ccc(-c2ccc(C(=O)OCCCCC)cc2)cc1. The minimum atomic E-state index is -0.228. The highest BCUT2D eigenvalue weighted by Crippen LogP contribution is 2.25. The summed E-state index contributed by atoms with van der Waals surface area (Å²) in [7, 11) is 0. The van der Waals surface area contributed by atoms with Crippen LogP contribution in [0.5, 0.6) is 0 Å². The van der Waals surface area contributed by atoms with Crippen LogP contribution in [0.15, 0.2) is 53.4 Å². The lowest BCUT2D eigenvalue weighted by molar-refractivity contribution is 0.0498. The maximum atomic E-state index is 12.1. The lowest BCUT2D eigenvalue weighted by Gasteiger charge is -2.07. The summed E-state index contributed by atoms with van der Waals surface area (Å²) in [4.78, 5) is 13.4. The predicted octanol–water partition coefficient (Wildman–Crippen LogP) is 7.76. The van der Waals surface area contributed by atoms with Crippen LogP contribution in [0.1, 0.15) is 75.6 Å². The van der Waals surface area contributed by atoms with Crippen molar-refractivity contribution in [3.8, 4) is 11.1 Å². The van der Waals surface area contributed by atoms with Crippen molar-refractivity contribution >= 4 is 17.7 Å². The Hall–Kier alpha value is -1.74. The first kappa shape index (κ1) is 22.5. The number of ether oxygens (including phenoxy) is 1. The van der Waals surface area contributed by atoms with Gasteiger partial charge in [0.05, 0.1) is 12.2 Å². The van der Waals surface area contributed by atoms with Gasteiger partial charge in [0, 0.05) is 4.90 Å². The fourth-order valence-electron chi connectivity index (χ4n) is 3.04. The number of rotatable bonds is 13. The van der Waals surface area contributed by atoms with Crippen LogP contribution in [0.3, 0.4) is 0 Å². The van der Waals surface area contributed by atoms with Gasteiger partial charge in [0.1, 0.15) is 0 Å². The third-order valence-electron chi connectivity index (χ3n) is 4.81. The Labute approximate surface area is 175 Å². The summed E-state index contributed by atoms with van der Waals surface area (Å²) in [6, 6.07) is 16.4. The van der Waals surface area contributed by atoms with Crippen molar-refractivity contribution < 1.29 is 9.53 Å². The first-order chi connectivity index (χ1) is 13.7. The molecule has 0 aliphatic carbocycles. The Morgan fingerprint density at radius 1 is 0.750 bits per heavy atom. The number of esters is 1. The van der Waals surface area contributed by atoms with Crippen LogP contribution in [0.2, 0.25) is 0 Å². The lowest BCUT2D eigenvalue weighted by Crippen LogP contribution is -2.06. The second kappa shape index (κ2) is 13.4. The van der Waals surface area contributed by atoms with E-state index in [0.717, 1.165) is 24.8 Å². The summed E-state index contributed by atoms with van der Waals surface area (Å²) in [5.41, 5.74) is 2.92. The van der Waals surface area contributed by atoms with Gasteiger partial charge in [-0.1, -0.05) is 76.6 Å². The molecule has 3 heteroatoms. The van der Waals surface area contributed by atoms with Crippen LogP contribution in [-0.4, -0.2) is 18.3 Å². The average molecular weight is 399 g/mol. The third kappa shape index (κ3) is 8.10. The molecular formula is C25H34O2S. The molecule has 0 bridgehead atoms. The predicted molar refractivity (Wildman–Crippen MR) is 121 cm³/mol. The molecule has 0 aliphatic heterocycles. The quantitative estimate of drug-likeness (QED) is 0.196. The Balaban J connectivity index is 1.80. The third-order valence-corrected chi connectivity index (χ3v) is 5.90. The molecule has 0 N–H and O–H groups in total. The molecule has 0 atom stereocenters. The minimum Gasteiger partial charge on any atom is -0.462 e. The normalized spacial score (nSPS) is 10.8. The molecule has 28 heavy (non-hydrogen) atoms. The Bertz CT molecular complexity index is 677. The van der Waals surface area contributed by atoms with E-state index >= 15 is 0 Å². The smallest absolute Gasteiger partial charge is 0.338 e. The fourth-order valence-corrected chi connectivity index (χ4v) is 3.95. The van der Waals surface area contributed by atoms with Crippen LogP contribution in [0.25, 0.3) is 11.1 Å². The molecule has 0 heterocycles. The van der Waals surface area contributed by atoms with Crippen LogP contribution in [-0.2, 0) is 4.74 Å². The molecule has 0 spiro atoms. The van der Waals surface area contributed by atoms with E-state index in [9.17, 15) is 4.79 Å². The van der Waals surface area contributed by atoms with Gasteiger partial charge in [-0.15, -0.1) is 11.8 Å². The minimum absolute atomic E-state index is 0.228. The fraction of sp³-hybridized carbons (Fsp3) is 0.480. The van der Waals surface area contributed by atoms with Crippen LogP contribution < -0.4 is 0 Å². The highest BCUT2D eigenvalue weighted by molar-refractivity contribution is 7.99. The van der Waals surface area contributed by atoms with E-state index < -0.39 is 0 Å². The summed E-state index contributed by atoms with van der Waals surface area (Å²) < 4.78 is 5.32. The van der Waals surface area contributed by atoms with E-state index in [1.807, 2.05) is 36.0 Å². The van der Waals surface area contributed by atoms with E-state index in [1.54, 1.807) is 0 Å². The number of carbonyl (C=O) groups excluding carboxylic acids is 1. The van der Waals surface area contributed by atoms with Gasteiger partial charge in [-0.2, -0.15) is 0 Å². The number of benzene rings is 2. The summed E-state index contributed by atoms with van der Waals surface area (Å²) >= 11 is 1.94. The van der Waals surface area contributed by atoms with Gasteiger partial charge in [0.2, 0.25) is 0 Å². The van der Waals surface area contributed by atoms with Gasteiger partial charge in [0.25, 0.3) is 0 Å². The molecule has 0 unspecified atom stereocenters. The van der Waals surface area contributed by atoms with E-state index in [2.05, 4.69) is 38.1 Å². The van der Waals surface area contributed by atoms with Gasteiger partial charge < -0.3 is 4.74 Å². The van der Waals surface area contributed by atoms with E-state index in [4.69, 9.17) is 4.74 Å². The molecule has 0 saturated heterocycles. The summed E-state index contributed by atoms with van der Waals surface area (Å²) in [5.74, 6) is 0.964. The standard InChI is InChI=1S/C25H34O2S/c1-3-5-7-8-10-20-28-24-17-15-22(16-18-24)21-11-13-23(14-12-21)25(26)27-19-9-6-4-2/h11-18H,3-10,19-20H2,1-2H3. The van der Waals surface area contributed by atoms with Gasteiger partial charge in [-0.05, 0) is 54.0 Å². The number of hydrogen-bond acceptors (Lipinski definition) is 3. The van der Waals surface area contributed by atoms with E-state index in [1.165, 1.54) is 48.3 Å². The van der Waals surface area contributed by atoms with Gasteiger partial charge in [0.15, 0.2) is 0 Å². The zero-order chi connectivity index (χ0) is 20.0. The molecule has 2 rings (SSSR count). The number of thioether (sulfide) groups is 1. The molecule has 2 aromatic carbocycles. The van der Waals surface area contributed by atoms with Crippen molar-refractivity contribution in [1.29, 1.82) is 0 Å². The molecule has 2 nitrogen and oxygen atoms in total. The Morgan fingerprint density at radius 3 is 1.96 bits per heavy atom. The summed E-state index contributed by atoms with van der Waals surface area (Å²) in [6.45, 7) is 4.90. The molecule has 0 aromatic heterocycles. The highest BCUT2D eigenvalue weighted by Gasteiger charge is 2.07. The highest BCUT2D eigenvalue weighted by atomic mass is 32.2. The van der Waals surface area contributed by atoms with Gasteiger partial charge in [-0.25, -0.2) is 4.79 Å². The summed E-state index contributed by atoms with van der Waals surface area (Å²) in [6.07, 6.45) is 9.81. The van der Waals surface area contributed by atoms with Crippen molar-refractivity contribution in [3.63, 3.8) is 0 Å². The van der Waals surface area contributed by atoms with Crippen LogP contribution in [0, 0.1) is 0 Å². The lowest BCUT2D eigenvalue weighted by atomic mass is 10.0. The first-order valence-electron chi connectivity index (χ1n) is 10.7. The van der Waals surface area contributed by atoms with Crippen LogP contribution >= 0.6 is 11.8 Å². The molecule has 0 radical (unpaired) electrons. The molecular weight excluding hydrogens is 364 g/mol. The molecule has 0 saturated carbocycles. The van der Waals surface area contributed by atoms with Gasteiger partial charge in [-0.3, -0.25) is 0 Å². The van der Waals surface area contributed by atoms with Crippen molar-refractivity contribution in [3.05, 3.63) is 54.1 Å². The van der Waals surface area contributed by atoms with Gasteiger partial charge >= 0.3 is 5.97 Å². The van der Waals surface area contributed by atoms with E-state index in [-0.39, 0.29) is 5.97 Å². The topological polar surface area (TPSA) is 26.3 Å². The average Bonchev–Trinajstić information content (AvgIpc) is 2.74. The van der Waals surface area contributed by atoms with Crippen LogP contribution in [0.4, 0.5) is 0 Å². The summed E-state index contributed by atoms with van der Waals surface area (Å²) in [5, 5.41) is 0. The molecule has 0 amide bonds. The number of hydrogen-bond donors (Lipinski definition) is 0. The molecule has 0 aliphatic rings. The second-order valence-corrected chi connectivity index (χ2v) is 8.38. The largest absolute Gasteiger partial charge is 0.462 e. The number of unbranched alkanes of at least 4 members (excludes halogenated alkanes) is 6.